The standard InChI is InChI=1S/C10H11NO2/c12-5-7-2-1-3-10-9(7)4-8(6-13)11-10/h1-5,9-11,13H,6H2. The van der Waals surface area contributed by atoms with Crippen LogP contribution in [0.25, 0.3) is 0 Å². The van der Waals surface area contributed by atoms with Gasteiger partial charge in [0.1, 0.15) is 6.29 Å². The Balaban J connectivity index is 2.26. The van der Waals surface area contributed by atoms with Gasteiger partial charge in [-0.1, -0.05) is 24.3 Å². The molecule has 3 nitrogen and oxygen atoms in total. The second kappa shape index (κ2) is 3.18. The van der Waals surface area contributed by atoms with Crippen molar-refractivity contribution in [3.8, 4) is 0 Å². The van der Waals surface area contributed by atoms with Crippen LogP contribution in [-0.2, 0) is 4.79 Å². The number of carbonyl (C=O) groups is 1. The first-order chi connectivity index (χ1) is 6.35. The first-order valence-corrected chi connectivity index (χ1v) is 4.27. The Labute approximate surface area is 76.4 Å². The first-order valence-electron chi connectivity index (χ1n) is 4.27. The van der Waals surface area contributed by atoms with Crippen LogP contribution in [0.2, 0.25) is 0 Å². The minimum Gasteiger partial charge on any atom is -0.390 e. The van der Waals surface area contributed by atoms with Gasteiger partial charge in [0.2, 0.25) is 0 Å². The SMILES string of the molecule is O=CC1=CC=CC2NC(CO)=CC12. The number of hydrogen-bond donors (Lipinski definition) is 2. The molecule has 13 heavy (non-hydrogen) atoms. The zero-order valence-electron chi connectivity index (χ0n) is 7.10. The fourth-order valence-electron chi connectivity index (χ4n) is 1.76. The van der Waals surface area contributed by atoms with Crippen LogP contribution >= 0.6 is 0 Å². The molecule has 0 amide bonds. The van der Waals surface area contributed by atoms with Gasteiger partial charge in [0.15, 0.2) is 0 Å². The minimum atomic E-state index is 0.00692. The van der Waals surface area contributed by atoms with E-state index < -0.39 is 0 Å². The zero-order valence-corrected chi connectivity index (χ0v) is 7.10. The number of allylic oxidation sites excluding steroid dienone is 2. The van der Waals surface area contributed by atoms with Gasteiger partial charge in [0.25, 0.3) is 0 Å². The fraction of sp³-hybridized carbons (Fsp3) is 0.300. The number of nitrogens with one attached hydrogen (secondary N) is 1. The summed E-state index contributed by atoms with van der Waals surface area (Å²) >= 11 is 0. The molecule has 0 aromatic rings. The third-order valence-corrected chi connectivity index (χ3v) is 2.42. The van der Waals surface area contributed by atoms with Crippen LogP contribution in [0.5, 0.6) is 0 Å². The fourth-order valence-corrected chi connectivity index (χ4v) is 1.76. The van der Waals surface area contributed by atoms with Crippen molar-refractivity contribution in [1.82, 2.24) is 5.32 Å². The molecule has 0 radical (unpaired) electrons. The second-order valence-corrected chi connectivity index (χ2v) is 3.22. The predicted molar refractivity (Wildman–Crippen MR) is 48.9 cm³/mol. The van der Waals surface area contributed by atoms with Crippen molar-refractivity contribution >= 4 is 6.29 Å². The van der Waals surface area contributed by atoms with Gasteiger partial charge in [-0.15, -0.1) is 0 Å². The van der Waals surface area contributed by atoms with Gasteiger partial charge in [-0.25, -0.2) is 0 Å². The number of fused-ring (bicyclic) bond motifs is 1. The van der Waals surface area contributed by atoms with Crippen molar-refractivity contribution in [2.45, 2.75) is 6.04 Å². The van der Waals surface area contributed by atoms with E-state index in [0.717, 1.165) is 17.6 Å². The van der Waals surface area contributed by atoms with Crippen LogP contribution in [0.15, 0.2) is 35.6 Å². The van der Waals surface area contributed by atoms with Crippen molar-refractivity contribution in [3.63, 3.8) is 0 Å². The Bertz CT molecular complexity index is 315. The van der Waals surface area contributed by atoms with E-state index in [9.17, 15) is 4.79 Å². The van der Waals surface area contributed by atoms with E-state index in [2.05, 4.69) is 5.32 Å². The van der Waals surface area contributed by atoms with Crippen LogP contribution in [0.4, 0.5) is 0 Å². The van der Waals surface area contributed by atoms with E-state index in [1.165, 1.54) is 0 Å². The van der Waals surface area contributed by atoms with Crippen molar-refractivity contribution in [2.75, 3.05) is 6.61 Å². The normalized spacial score (nSPS) is 30.2. The van der Waals surface area contributed by atoms with Gasteiger partial charge < -0.3 is 10.4 Å². The lowest BCUT2D eigenvalue weighted by Gasteiger charge is -2.19. The molecule has 2 atom stereocenters. The van der Waals surface area contributed by atoms with E-state index >= 15 is 0 Å². The summed E-state index contributed by atoms with van der Waals surface area (Å²) in [5.74, 6) is 0.102. The quantitative estimate of drug-likeness (QED) is 0.590. The maximum Gasteiger partial charge on any atom is 0.146 e. The summed E-state index contributed by atoms with van der Waals surface area (Å²) < 4.78 is 0. The highest BCUT2D eigenvalue weighted by atomic mass is 16.3. The summed E-state index contributed by atoms with van der Waals surface area (Å²) in [6, 6.07) is 0.146. The van der Waals surface area contributed by atoms with Crippen molar-refractivity contribution < 1.29 is 9.90 Å². The average molecular weight is 177 g/mol. The summed E-state index contributed by atoms with van der Waals surface area (Å²) in [5.41, 5.74) is 1.57. The molecule has 1 aliphatic carbocycles. The molecule has 0 saturated carbocycles. The molecular weight excluding hydrogens is 166 g/mol. The first kappa shape index (κ1) is 8.26. The van der Waals surface area contributed by atoms with Crippen LogP contribution in [0, 0.1) is 5.92 Å². The Hall–Kier alpha value is -1.35. The lowest BCUT2D eigenvalue weighted by atomic mass is 9.90. The zero-order chi connectivity index (χ0) is 9.26. The third-order valence-electron chi connectivity index (χ3n) is 2.42. The number of hydrogen-bond acceptors (Lipinski definition) is 3. The number of rotatable bonds is 2. The lowest BCUT2D eigenvalue weighted by Crippen LogP contribution is -2.29. The Morgan fingerprint density at radius 3 is 3.15 bits per heavy atom. The number of carbonyl (C=O) groups excluding carboxylic acids is 1. The smallest absolute Gasteiger partial charge is 0.146 e. The topological polar surface area (TPSA) is 49.3 Å². The molecule has 0 saturated heterocycles. The maximum absolute atomic E-state index is 10.7. The molecular formula is C10H11NO2. The summed E-state index contributed by atoms with van der Waals surface area (Å²) in [7, 11) is 0. The maximum atomic E-state index is 10.7. The van der Waals surface area contributed by atoms with E-state index in [1.807, 2.05) is 24.3 Å². The Morgan fingerprint density at radius 1 is 1.62 bits per heavy atom. The highest BCUT2D eigenvalue weighted by Gasteiger charge is 2.28. The molecule has 0 aromatic carbocycles. The molecule has 2 unspecified atom stereocenters. The molecule has 2 aliphatic rings. The summed E-state index contributed by atoms with van der Waals surface area (Å²) in [4.78, 5) is 10.7. The predicted octanol–water partition coefficient (Wildman–Crippen LogP) is 0.146. The van der Waals surface area contributed by atoms with Gasteiger partial charge in [-0.3, -0.25) is 4.79 Å². The van der Waals surface area contributed by atoms with Crippen molar-refractivity contribution in [3.05, 3.63) is 35.6 Å². The largest absolute Gasteiger partial charge is 0.390 e. The van der Waals surface area contributed by atoms with E-state index in [-0.39, 0.29) is 18.6 Å². The molecule has 0 spiro atoms. The Morgan fingerprint density at radius 2 is 2.46 bits per heavy atom. The highest BCUT2D eigenvalue weighted by Crippen LogP contribution is 2.27. The number of aliphatic hydroxyl groups is 1. The van der Waals surface area contributed by atoms with Gasteiger partial charge >= 0.3 is 0 Å². The summed E-state index contributed by atoms with van der Waals surface area (Å²) in [5, 5.41) is 12.0. The molecule has 2 N–H and O–H groups in total. The average Bonchev–Trinajstić information content (AvgIpc) is 2.59. The third kappa shape index (κ3) is 1.31. The summed E-state index contributed by atoms with van der Waals surface area (Å²) in [6.45, 7) is 0.00692. The molecule has 0 fully saturated rings. The van der Waals surface area contributed by atoms with Crippen LogP contribution < -0.4 is 5.32 Å². The second-order valence-electron chi connectivity index (χ2n) is 3.22. The van der Waals surface area contributed by atoms with Gasteiger partial charge in [0.05, 0.1) is 12.6 Å². The molecule has 3 heteroatoms. The van der Waals surface area contributed by atoms with E-state index in [0.29, 0.717) is 0 Å². The van der Waals surface area contributed by atoms with E-state index in [1.54, 1.807) is 0 Å². The van der Waals surface area contributed by atoms with Crippen molar-refractivity contribution in [2.24, 2.45) is 5.92 Å². The van der Waals surface area contributed by atoms with Crippen LogP contribution in [-0.4, -0.2) is 24.0 Å². The molecule has 0 bridgehead atoms. The Kier molecular flexibility index (Phi) is 2.02. The molecule has 1 heterocycles. The lowest BCUT2D eigenvalue weighted by molar-refractivity contribution is -0.105. The summed E-state index contributed by atoms with van der Waals surface area (Å²) in [6.07, 6.45) is 8.46. The molecule has 68 valence electrons. The molecule has 2 rings (SSSR count). The van der Waals surface area contributed by atoms with Crippen LogP contribution in [0.3, 0.4) is 0 Å². The monoisotopic (exact) mass is 177 g/mol. The minimum absolute atomic E-state index is 0.00692. The van der Waals surface area contributed by atoms with Crippen molar-refractivity contribution in [1.29, 1.82) is 0 Å². The molecule has 0 aromatic heterocycles. The van der Waals surface area contributed by atoms with Crippen LogP contribution in [0.1, 0.15) is 0 Å². The number of aliphatic hydroxyl groups excluding tert-OH is 1. The van der Waals surface area contributed by atoms with E-state index in [4.69, 9.17) is 5.11 Å². The van der Waals surface area contributed by atoms with Gasteiger partial charge in [0, 0.05) is 17.2 Å². The highest BCUT2D eigenvalue weighted by molar-refractivity contribution is 5.76. The number of aldehydes is 1. The molecule has 1 aliphatic heterocycles. The van der Waals surface area contributed by atoms with Gasteiger partial charge in [-0.05, 0) is 0 Å². The van der Waals surface area contributed by atoms with Gasteiger partial charge in [-0.2, -0.15) is 0 Å².